The highest BCUT2D eigenvalue weighted by molar-refractivity contribution is 7.17. The summed E-state index contributed by atoms with van der Waals surface area (Å²) in [5, 5.41) is 0.540. The Labute approximate surface area is 124 Å². The average molecular weight is 298 g/mol. The number of thiazole rings is 1. The number of aryl methyl sites for hydroxylation is 1. The summed E-state index contributed by atoms with van der Waals surface area (Å²) in [7, 11) is 1.70. The van der Waals surface area contributed by atoms with Crippen molar-refractivity contribution in [2.75, 3.05) is 18.6 Å². The molecule has 1 rings (SSSR count). The predicted octanol–water partition coefficient (Wildman–Crippen LogP) is 3.03. The van der Waals surface area contributed by atoms with E-state index in [1.165, 1.54) is 16.2 Å². The molecule has 1 aromatic heterocycles. The molecule has 0 aliphatic rings. The van der Waals surface area contributed by atoms with Crippen LogP contribution in [0, 0.1) is 12.8 Å². The molecule has 1 atom stereocenters. The molecule has 0 saturated carbocycles. The molecule has 5 nitrogen and oxygen atoms in total. The largest absolute Gasteiger partial charge is 0.462 e. The summed E-state index contributed by atoms with van der Waals surface area (Å²) in [4.78, 5) is 30.3. The van der Waals surface area contributed by atoms with Crippen molar-refractivity contribution >= 4 is 28.3 Å². The molecule has 0 radical (unpaired) electrons. The van der Waals surface area contributed by atoms with E-state index in [2.05, 4.69) is 11.9 Å². The molecular formula is C14H22N2O3S. The van der Waals surface area contributed by atoms with E-state index in [9.17, 15) is 9.59 Å². The summed E-state index contributed by atoms with van der Waals surface area (Å²) >= 11 is 1.20. The predicted molar refractivity (Wildman–Crippen MR) is 80.3 cm³/mol. The number of amides is 1. The monoisotopic (exact) mass is 298 g/mol. The molecule has 0 spiro atoms. The van der Waals surface area contributed by atoms with Crippen LogP contribution in [0.3, 0.4) is 0 Å². The van der Waals surface area contributed by atoms with Crippen LogP contribution in [0.2, 0.25) is 0 Å². The number of hydrogen-bond donors (Lipinski definition) is 0. The number of ether oxygens (including phenoxy) is 1. The zero-order valence-electron chi connectivity index (χ0n) is 12.7. The quantitative estimate of drug-likeness (QED) is 0.757. The molecule has 1 unspecified atom stereocenters. The lowest BCUT2D eigenvalue weighted by Crippen LogP contribution is -2.31. The number of hydrogen-bond acceptors (Lipinski definition) is 5. The maximum absolute atomic E-state index is 12.2. The van der Waals surface area contributed by atoms with Crippen LogP contribution in [0.5, 0.6) is 0 Å². The highest BCUT2D eigenvalue weighted by atomic mass is 32.1. The molecule has 20 heavy (non-hydrogen) atoms. The fourth-order valence-electron chi connectivity index (χ4n) is 1.89. The lowest BCUT2D eigenvalue weighted by molar-refractivity contribution is -0.121. The Kier molecular flexibility index (Phi) is 6.13. The summed E-state index contributed by atoms with van der Waals surface area (Å²) in [6.45, 7) is 7.80. The molecule has 1 aromatic rings. The maximum atomic E-state index is 12.2. The van der Waals surface area contributed by atoms with Gasteiger partial charge in [-0.2, -0.15) is 0 Å². The molecule has 0 aliphatic heterocycles. The lowest BCUT2D eigenvalue weighted by Gasteiger charge is -2.18. The molecule has 1 amide bonds. The third-order valence-corrected chi connectivity index (χ3v) is 4.22. The van der Waals surface area contributed by atoms with Crippen LogP contribution in [0.1, 0.15) is 49.0 Å². The van der Waals surface area contributed by atoms with Gasteiger partial charge in [-0.05, 0) is 20.3 Å². The molecule has 0 saturated heterocycles. The SMILES string of the molecule is CCCC(C)C(=O)N(C)c1nc(C)c(C(=O)OCC)s1. The highest BCUT2D eigenvalue weighted by Crippen LogP contribution is 2.27. The van der Waals surface area contributed by atoms with E-state index >= 15 is 0 Å². The van der Waals surface area contributed by atoms with Crippen LogP contribution in [0.15, 0.2) is 0 Å². The Hall–Kier alpha value is -1.43. The zero-order valence-corrected chi connectivity index (χ0v) is 13.5. The first-order valence-corrected chi connectivity index (χ1v) is 7.66. The van der Waals surface area contributed by atoms with Crippen molar-refractivity contribution in [3.63, 3.8) is 0 Å². The molecule has 0 N–H and O–H groups in total. The number of carbonyl (C=O) groups is 2. The van der Waals surface area contributed by atoms with Gasteiger partial charge in [0.15, 0.2) is 5.13 Å². The van der Waals surface area contributed by atoms with Crippen molar-refractivity contribution in [3.05, 3.63) is 10.6 Å². The Morgan fingerprint density at radius 2 is 2.05 bits per heavy atom. The Morgan fingerprint density at radius 3 is 2.60 bits per heavy atom. The average Bonchev–Trinajstić information content (AvgIpc) is 2.79. The standard InChI is InChI=1S/C14H22N2O3S/c1-6-8-9(3)12(17)16(5)14-15-10(4)11(20-14)13(18)19-7-2/h9H,6-8H2,1-5H3. The van der Waals surface area contributed by atoms with Gasteiger partial charge < -0.3 is 4.74 Å². The molecule has 6 heteroatoms. The van der Waals surface area contributed by atoms with Gasteiger partial charge in [0.1, 0.15) is 4.88 Å². The van der Waals surface area contributed by atoms with E-state index in [-0.39, 0.29) is 17.8 Å². The topological polar surface area (TPSA) is 59.5 Å². The van der Waals surface area contributed by atoms with E-state index in [1.54, 1.807) is 20.9 Å². The summed E-state index contributed by atoms with van der Waals surface area (Å²) in [5.41, 5.74) is 0.603. The highest BCUT2D eigenvalue weighted by Gasteiger charge is 2.23. The van der Waals surface area contributed by atoms with E-state index < -0.39 is 0 Å². The van der Waals surface area contributed by atoms with Gasteiger partial charge in [-0.3, -0.25) is 9.69 Å². The Bertz CT molecular complexity index is 485. The van der Waals surface area contributed by atoms with Crippen molar-refractivity contribution < 1.29 is 14.3 Å². The molecule has 1 heterocycles. The number of nitrogens with zero attached hydrogens (tertiary/aromatic N) is 2. The Balaban J connectivity index is 2.89. The third kappa shape index (κ3) is 3.79. The first-order valence-electron chi connectivity index (χ1n) is 6.84. The van der Waals surface area contributed by atoms with Crippen LogP contribution < -0.4 is 4.90 Å². The second-order valence-electron chi connectivity index (χ2n) is 4.72. The van der Waals surface area contributed by atoms with E-state index in [0.717, 1.165) is 12.8 Å². The summed E-state index contributed by atoms with van der Waals surface area (Å²) < 4.78 is 4.98. The molecule has 0 aromatic carbocycles. The first-order chi connectivity index (χ1) is 9.42. The number of esters is 1. The van der Waals surface area contributed by atoms with Crippen LogP contribution >= 0.6 is 11.3 Å². The molecule has 0 bridgehead atoms. The summed E-state index contributed by atoms with van der Waals surface area (Å²) in [5.74, 6) is -0.396. The van der Waals surface area contributed by atoms with Gasteiger partial charge in [0.2, 0.25) is 5.91 Å². The van der Waals surface area contributed by atoms with Crippen molar-refractivity contribution in [1.82, 2.24) is 4.98 Å². The second-order valence-corrected chi connectivity index (χ2v) is 5.70. The first kappa shape index (κ1) is 16.6. The van der Waals surface area contributed by atoms with Crippen molar-refractivity contribution in [1.29, 1.82) is 0 Å². The van der Waals surface area contributed by atoms with E-state index in [1.807, 2.05) is 6.92 Å². The smallest absolute Gasteiger partial charge is 0.350 e. The van der Waals surface area contributed by atoms with Gasteiger partial charge in [-0.25, -0.2) is 9.78 Å². The molecule has 0 aliphatic carbocycles. The number of aromatic nitrogens is 1. The van der Waals surface area contributed by atoms with Gasteiger partial charge in [-0.1, -0.05) is 31.6 Å². The van der Waals surface area contributed by atoms with Crippen molar-refractivity contribution in [2.24, 2.45) is 5.92 Å². The minimum Gasteiger partial charge on any atom is -0.462 e. The number of rotatable bonds is 6. The minimum atomic E-state index is -0.379. The van der Waals surface area contributed by atoms with Crippen LogP contribution in [0.25, 0.3) is 0 Å². The van der Waals surface area contributed by atoms with Gasteiger partial charge in [-0.15, -0.1) is 0 Å². The van der Waals surface area contributed by atoms with Gasteiger partial charge >= 0.3 is 5.97 Å². The molecular weight excluding hydrogens is 276 g/mol. The van der Waals surface area contributed by atoms with Gasteiger partial charge in [0.05, 0.1) is 12.3 Å². The van der Waals surface area contributed by atoms with Crippen LogP contribution in [-0.4, -0.2) is 30.5 Å². The lowest BCUT2D eigenvalue weighted by atomic mass is 10.1. The van der Waals surface area contributed by atoms with Crippen molar-refractivity contribution in [2.45, 2.75) is 40.5 Å². The van der Waals surface area contributed by atoms with Crippen molar-refractivity contribution in [3.8, 4) is 0 Å². The van der Waals surface area contributed by atoms with Gasteiger partial charge in [0, 0.05) is 13.0 Å². The normalized spacial score (nSPS) is 12.1. The molecule has 0 fully saturated rings. The van der Waals surface area contributed by atoms with E-state index in [0.29, 0.717) is 22.3 Å². The summed E-state index contributed by atoms with van der Waals surface area (Å²) in [6.07, 6.45) is 1.81. The fourth-order valence-corrected chi connectivity index (χ4v) is 2.82. The second kappa shape index (κ2) is 7.38. The third-order valence-electron chi connectivity index (χ3n) is 3.01. The maximum Gasteiger partial charge on any atom is 0.350 e. The van der Waals surface area contributed by atoms with E-state index in [4.69, 9.17) is 4.74 Å². The fraction of sp³-hybridized carbons (Fsp3) is 0.643. The number of carbonyl (C=O) groups excluding carboxylic acids is 2. The number of anilines is 1. The minimum absolute atomic E-state index is 0.0241. The van der Waals surface area contributed by atoms with Crippen LogP contribution in [-0.2, 0) is 9.53 Å². The molecule has 112 valence electrons. The van der Waals surface area contributed by atoms with Crippen LogP contribution in [0.4, 0.5) is 5.13 Å². The zero-order chi connectivity index (χ0) is 15.3. The van der Waals surface area contributed by atoms with Gasteiger partial charge in [0.25, 0.3) is 0 Å². The Morgan fingerprint density at radius 1 is 1.40 bits per heavy atom. The summed E-state index contributed by atoms with van der Waals surface area (Å²) in [6, 6.07) is 0.